The number of hydrogen-bond donors (Lipinski definition) is 1. The van der Waals surface area contributed by atoms with Crippen LogP contribution >= 0.6 is 0 Å². The van der Waals surface area contributed by atoms with E-state index in [1.807, 2.05) is 26.0 Å². The van der Waals surface area contributed by atoms with Crippen LogP contribution in [0.1, 0.15) is 42.7 Å². The number of unbranched alkanes of at least 4 members (excludes halogenated alkanes) is 1. The fourth-order valence-corrected chi connectivity index (χ4v) is 3.05. The molecule has 0 spiro atoms. The fraction of sp³-hybridized carbons (Fsp3) is 0.300. The van der Waals surface area contributed by atoms with Gasteiger partial charge >= 0.3 is 0 Å². The number of carbonyl (C=O) groups is 2. The van der Waals surface area contributed by atoms with Crippen molar-refractivity contribution < 1.29 is 19.1 Å². The molecule has 25 heavy (non-hydrogen) atoms. The second-order valence-electron chi connectivity index (χ2n) is 6.23. The third kappa shape index (κ3) is 3.09. The van der Waals surface area contributed by atoms with E-state index in [1.165, 1.54) is 11.2 Å². The van der Waals surface area contributed by atoms with Crippen LogP contribution in [0, 0.1) is 6.92 Å². The minimum absolute atomic E-state index is 0.0832. The van der Waals surface area contributed by atoms with E-state index >= 15 is 0 Å². The van der Waals surface area contributed by atoms with Crippen molar-refractivity contribution in [2.45, 2.75) is 32.7 Å². The number of hydrogen-bond acceptors (Lipinski definition) is 4. The number of benzene rings is 1. The predicted molar refractivity (Wildman–Crippen MR) is 93.8 cm³/mol. The first kappa shape index (κ1) is 17.0. The van der Waals surface area contributed by atoms with Crippen LogP contribution < -0.4 is 0 Å². The topological polar surface area (TPSA) is 70.8 Å². The SMILES string of the molecule is CCCCN1C(=O)C(=O)/C(=C(\O)c2ccc(C)cc2)C1c1ccco1. The van der Waals surface area contributed by atoms with E-state index in [9.17, 15) is 14.7 Å². The maximum Gasteiger partial charge on any atom is 0.295 e. The quantitative estimate of drug-likeness (QED) is 0.511. The van der Waals surface area contributed by atoms with Crippen LogP contribution in [0.4, 0.5) is 0 Å². The molecule has 0 bridgehead atoms. The summed E-state index contributed by atoms with van der Waals surface area (Å²) in [4.78, 5) is 26.6. The molecule has 0 aliphatic carbocycles. The van der Waals surface area contributed by atoms with E-state index in [4.69, 9.17) is 4.42 Å². The second kappa shape index (κ2) is 6.97. The molecule has 1 aliphatic heterocycles. The van der Waals surface area contributed by atoms with Crippen molar-refractivity contribution in [3.8, 4) is 0 Å². The lowest BCUT2D eigenvalue weighted by molar-refractivity contribution is -0.140. The van der Waals surface area contributed by atoms with Crippen molar-refractivity contribution in [1.82, 2.24) is 4.90 Å². The molecule has 3 rings (SSSR count). The van der Waals surface area contributed by atoms with Gasteiger partial charge in [0.1, 0.15) is 17.6 Å². The summed E-state index contributed by atoms with van der Waals surface area (Å²) in [6.45, 7) is 4.40. The number of ketones is 1. The number of aryl methyl sites for hydroxylation is 1. The molecule has 1 saturated heterocycles. The molecule has 1 unspecified atom stereocenters. The highest BCUT2D eigenvalue weighted by Gasteiger charge is 2.47. The molecule has 1 aliphatic rings. The standard InChI is InChI=1S/C20H21NO4/c1-3-4-11-21-17(15-6-5-12-25-15)16(19(23)20(21)24)18(22)14-9-7-13(2)8-10-14/h5-10,12,17,22H,3-4,11H2,1-2H3/b18-16-. The summed E-state index contributed by atoms with van der Waals surface area (Å²) in [6, 6.07) is 9.92. The molecule has 2 aromatic rings. The van der Waals surface area contributed by atoms with Crippen molar-refractivity contribution in [1.29, 1.82) is 0 Å². The van der Waals surface area contributed by atoms with E-state index in [1.54, 1.807) is 24.3 Å². The van der Waals surface area contributed by atoms with Gasteiger partial charge in [-0.1, -0.05) is 43.2 Å². The fourth-order valence-electron chi connectivity index (χ4n) is 3.05. The number of aliphatic hydroxyl groups excluding tert-OH is 1. The van der Waals surface area contributed by atoms with E-state index in [0.717, 1.165) is 18.4 Å². The Kier molecular flexibility index (Phi) is 4.74. The molecule has 5 nitrogen and oxygen atoms in total. The number of likely N-dealkylation sites (tertiary alicyclic amines) is 1. The van der Waals surface area contributed by atoms with E-state index in [-0.39, 0.29) is 11.3 Å². The molecule has 5 heteroatoms. The Morgan fingerprint density at radius 1 is 1.20 bits per heavy atom. The summed E-state index contributed by atoms with van der Waals surface area (Å²) in [5.41, 5.74) is 1.64. The van der Waals surface area contributed by atoms with Crippen LogP contribution in [0.15, 0.2) is 52.7 Å². The third-order valence-electron chi connectivity index (χ3n) is 4.43. The summed E-state index contributed by atoms with van der Waals surface area (Å²) in [5.74, 6) is -0.957. The van der Waals surface area contributed by atoms with Gasteiger partial charge in [-0.15, -0.1) is 0 Å². The summed E-state index contributed by atoms with van der Waals surface area (Å²) in [6.07, 6.45) is 3.17. The Bertz CT molecular complexity index is 803. The van der Waals surface area contributed by atoms with Gasteiger partial charge < -0.3 is 14.4 Å². The van der Waals surface area contributed by atoms with Crippen molar-refractivity contribution in [2.75, 3.05) is 6.54 Å². The molecule has 1 aromatic heterocycles. The zero-order valence-corrected chi connectivity index (χ0v) is 14.4. The molecule has 0 radical (unpaired) electrons. The van der Waals surface area contributed by atoms with Gasteiger partial charge in [0, 0.05) is 12.1 Å². The second-order valence-corrected chi connectivity index (χ2v) is 6.23. The van der Waals surface area contributed by atoms with Gasteiger partial charge in [0.2, 0.25) is 0 Å². The Labute approximate surface area is 146 Å². The maximum atomic E-state index is 12.6. The summed E-state index contributed by atoms with van der Waals surface area (Å²) in [5, 5.41) is 10.8. The minimum atomic E-state index is -0.692. The molecule has 1 fully saturated rings. The number of amides is 1. The predicted octanol–water partition coefficient (Wildman–Crippen LogP) is 3.81. The smallest absolute Gasteiger partial charge is 0.295 e. The number of nitrogens with zero attached hydrogens (tertiary/aromatic N) is 1. The van der Waals surface area contributed by atoms with Crippen LogP contribution in [-0.4, -0.2) is 28.2 Å². The van der Waals surface area contributed by atoms with E-state index in [2.05, 4.69) is 0 Å². The van der Waals surface area contributed by atoms with Crippen molar-refractivity contribution in [2.24, 2.45) is 0 Å². The lowest BCUT2D eigenvalue weighted by Gasteiger charge is -2.23. The van der Waals surface area contributed by atoms with Gasteiger partial charge in [-0.05, 0) is 25.5 Å². The molecular formula is C20H21NO4. The highest BCUT2D eigenvalue weighted by Crippen LogP contribution is 2.39. The zero-order valence-electron chi connectivity index (χ0n) is 14.4. The lowest BCUT2D eigenvalue weighted by atomic mass is 9.99. The lowest BCUT2D eigenvalue weighted by Crippen LogP contribution is -2.30. The number of carbonyl (C=O) groups excluding carboxylic acids is 2. The molecule has 2 heterocycles. The highest BCUT2D eigenvalue weighted by molar-refractivity contribution is 6.46. The Balaban J connectivity index is 2.11. The minimum Gasteiger partial charge on any atom is -0.507 e. The zero-order chi connectivity index (χ0) is 18.0. The largest absolute Gasteiger partial charge is 0.507 e. The number of rotatable bonds is 5. The summed E-state index contributed by atoms with van der Waals surface area (Å²) in [7, 11) is 0. The normalized spacial score (nSPS) is 19.6. The van der Waals surface area contributed by atoms with E-state index in [0.29, 0.717) is 17.9 Å². The first-order chi connectivity index (χ1) is 12.0. The Morgan fingerprint density at radius 3 is 2.52 bits per heavy atom. The van der Waals surface area contributed by atoms with Crippen LogP contribution in [0.3, 0.4) is 0 Å². The molecule has 1 N–H and O–H groups in total. The van der Waals surface area contributed by atoms with Crippen LogP contribution in [-0.2, 0) is 9.59 Å². The van der Waals surface area contributed by atoms with Gasteiger partial charge in [0.15, 0.2) is 0 Å². The van der Waals surface area contributed by atoms with Crippen LogP contribution in [0.2, 0.25) is 0 Å². The average molecular weight is 339 g/mol. The van der Waals surface area contributed by atoms with Gasteiger partial charge in [0.05, 0.1) is 11.8 Å². The highest BCUT2D eigenvalue weighted by atomic mass is 16.3. The monoisotopic (exact) mass is 339 g/mol. The Morgan fingerprint density at radius 2 is 1.92 bits per heavy atom. The van der Waals surface area contributed by atoms with Crippen molar-refractivity contribution in [3.63, 3.8) is 0 Å². The van der Waals surface area contributed by atoms with Gasteiger partial charge in [-0.25, -0.2) is 0 Å². The Hall–Kier alpha value is -2.82. The first-order valence-corrected chi connectivity index (χ1v) is 8.43. The molecule has 1 aromatic carbocycles. The first-order valence-electron chi connectivity index (χ1n) is 8.43. The van der Waals surface area contributed by atoms with Gasteiger partial charge in [-0.3, -0.25) is 9.59 Å². The maximum absolute atomic E-state index is 12.6. The molecule has 1 amide bonds. The van der Waals surface area contributed by atoms with E-state index < -0.39 is 17.7 Å². The van der Waals surface area contributed by atoms with Gasteiger partial charge in [-0.2, -0.15) is 0 Å². The third-order valence-corrected chi connectivity index (χ3v) is 4.43. The number of furan rings is 1. The van der Waals surface area contributed by atoms with Crippen LogP contribution in [0.5, 0.6) is 0 Å². The van der Waals surface area contributed by atoms with Gasteiger partial charge in [0.25, 0.3) is 11.7 Å². The number of aliphatic hydroxyl groups is 1. The molecule has 1 atom stereocenters. The summed E-state index contributed by atoms with van der Waals surface area (Å²) < 4.78 is 5.47. The molecule has 130 valence electrons. The van der Waals surface area contributed by atoms with Crippen molar-refractivity contribution >= 4 is 17.4 Å². The molecule has 0 saturated carbocycles. The summed E-state index contributed by atoms with van der Waals surface area (Å²) >= 11 is 0. The number of Topliss-reactive ketones (excluding diaryl/α,β-unsaturated/α-hetero) is 1. The van der Waals surface area contributed by atoms with Crippen molar-refractivity contribution in [3.05, 3.63) is 65.1 Å². The molecular weight excluding hydrogens is 318 g/mol. The van der Waals surface area contributed by atoms with Crippen LogP contribution in [0.25, 0.3) is 5.76 Å². The average Bonchev–Trinajstić information content (AvgIpc) is 3.21.